The minimum Gasteiger partial charge on any atom is -2.00 e. The predicted molar refractivity (Wildman–Crippen MR) is 2.06 cm³/mol. The van der Waals surface area contributed by atoms with Crippen LogP contribution in [0.1, 0.15) is 0 Å². The summed E-state index contributed by atoms with van der Waals surface area (Å²) in [5.74, 6) is 0. The van der Waals surface area contributed by atoms with Gasteiger partial charge in [0.1, 0.15) is 0 Å². The topological polar surface area (TPSA) is 85.5 Å². The van der Waals surface area contributed by atoms with Gasteiger partial charge in [-0.25, -0.2) is 0 Å². The van der Waals surface area contributed by atoms with Gasteiger partial charge in [-0.3, -0.25) is 0 Å². The molecule has 29 valence electrons. The fourth-order valence-electron chi connectivity index (χ4n) is 0. The Balaban J connectivity index is 0. The van der Waals surface area contributed by atoms with Crippen molar-refractivity contribution in [1.82, 2.24) is 0 Å². The van der Waals surface area contributed by atoms with Crippen molar-refractivity contribution in [2.45, 2.75) is 0 Å². The molecule has 0 aliphatic heterocycles. The Bertz CT molecular complexity index is 6.85. The molecule has 0 aliphatic carbocycles. The van der Waals surface area contributed by atoms with E-state index in [-0.39, 0.29) is 59.7 Å². The van der Waals surface area contributed by atoms with E-state index < -0.39 is 0 Å². The third kappa shape index (κ3) is 34.6. The predicted octanol–water partition coefficient (Wildman–Crippen LogP) is -0.361. The van der Waals surface area contributed by atoms with E-state index >= 15 is 0 Å². The van der Waals surface area contributed by atoms with Crippen LogP contribution in [-0.4, -0.2) is 0 Å². The molecule has 0 aromatic heterocycles. The van der Waals surface area contributed by atoms with Crippen molar-refractivity contribution in [3.63, 3.8) is 0 Å². The fourth-order valence-corrected chi connectivity index (χ4v) is 0. The molecule has 0 aromatic rings. The van der Waals surface area contributed by atoms with Gasteiger partial charge in [-0.1, -0.05) is 0 Å². The van der Waals surface area contributed by atoms with Gasteiger partial charge in [0.15, 0.2) is 0 Å². The summed E-state index contributed by atoms with van der Waals surface area (Å²) in [6.45, 7) is 0. The number of hydrogen-bond donors (Lipinski definition) is 0. The third-order valence-corrected chi connectivity index (χ3v) is 0. The summed E-state index contributed by atoms with van der Waals surface area (Å²) < 4.78 is 0. The van der Waals surface area contributed by atoms with Gasteiger partial charge in [-0.05, 0) is 0 Å². The second-order valence-electron chi connectivity index (χ2n) is 0. The summed E-state index contributed by atoms with van der Waals surface area (Å²) in [7, 11) is 0. The van der Waals surface area contributed by atoms with E-state index in [4.69, 9.17) is 0 Å². The Morgan fingerprint density at radius 2 is 0.600 bits per heavy atom. The van der Waals surface area contributed by atoms with Crippen LogP contribution in [0.15, 0.2) is 0 Å². The van der Waals surface area contributed by atoms with Crippen LogP contribution in [-0.2, 0) is 59.7 Å². The maximum absolute atomic E-state index is 0. The molecular weight excluding hydrogens is 194 g/mol. The molecule has 1 radical (unpaired) electrons. The van der Waals surface area contributed by atoms with Gasteiger partial charge < -0.3 is 16.4 Å². The first kappa shape index (κ1) is 107. The summed E-state index contributed by atoms with van der Waals surface area (Å²) in [6, 6.07) is 0. The molecule has 0 atom stereocenters. The summed E-state index contributed by atoms with van der Waals surface area (Å²) >= 11 is 0. The minimum atomic E-state index is 0. The van der Waals surface area contributed by atoms with Gasteiger partial charge in [-0.15, -0.1) is 0 Å². The van der Waals surface area contributed by atoms with Crippen LogP contribution in [0.4, 0.5) is 0 Å². The van der Waals surface area contributed by atoms with Crippen LogP contribution in [0, 0.1) is 0 Å². The Morgan fingerprint density at radius 3 is 0.600 bits per heavy atom. The van der Waals surface area contributed by atoms with Gasteiger partial charge in [0.25, 0.3) is 0 Å². The molecule has 5 heteroatoms. The largest absolute Gasteiger partial charge is 4.00 e. The van der Waals surface area contributed by atoms with Gasteiger partial charge in [-0.2, -0.15) is 0 Å². The molecule has 0 rings (SSSR count). The maximum Gasteiger partial charge on any atom is 4.00 e. The molecule has 0 saturated carbocycles. The Kier molecular flexibility index (Phi) is 1260. The van der Waals surface area contributed by atoms with E-state index in [0.29, 0.717) is 0 Å². The molecule has 0 saturated heterocycles. The van der Waals surface area contributed by atoms with Crippen LogP contribution >= 0.6 is 0 Å². The molecule has 0 bridgehead atoms. The number of rotatable bonds is 0. The van der Waals surface area contributed by atoms with E-state index in [2.05, 4.69) is 0 Å². The molecule has 5 heavy (non-hydrogen) atoms. The van der Waals surface area contributed by atoms with Gasteiger partial charge in [0, 0.05) is 0 Å². The molecule has 0 fully saturated rings. The van der Waals surface area contributed by atoms with Gasteiger partial charge in [0.05, 0.1) is 0 Å². The zero-order valence-corrected chi connectivity index (χ0v) is 5.74. The molecule has 0 spiro atoms. The molecule has 0 aromatic carbocycles. The van der Waals surface area contributed by atoms with E-state index in [1.165, 1.54) is 0 Å². The van der Waals surface area contributed by atoms with Crippen molar-refractivity contribution in [2.75, 3.05) is 0 Å². The second-order valence-corrected chi connectivity index (χ2v) is 0. The first-order valence-corrected chi connectivity index (χ1v) is 0. The molecule has 0 amide bonds. The van der Waals surface area contributed by atoms with Crippen LogP contribution in [0.2, 0.25) is 0 Å². The average Bonchev–Trinajstić information content (AvgIpc) is 0. The zero-order valence-electron chi connectivity index (χ0n) is 2.10. The molecule has 0 aliphatic rings. The summed E-state index contributed by atoms with van der Waals surface area (Å²) in [5.41, 5.74) is 0. The fraction of sp³-hybridized carbons (Fsp3) is 0. The van der Waals surface area contributed by atoms with Crippen molar-refractivity contribution in [3.8, 4) is 0 Å². The van der Waals surface area contributed by atoms with Gasteiger partial charge >= 0.3 is 43.3 Å². The van der Waals surface area contributed by atoms with Crippen molar-refractivity contribution >= 4 is 0 Å². The SMILES string of the molecule is [Mn+2].[O-2].[O-2].[O-2].[Zr+4]. The third-order valence-electron chi connectivity index (χ3n) is 0. The Labute approximate surface area is 59.7 Å². The molecule has 0 N–H and O–H groups in total. The monoisotopic (exact) mass is 193 g/mol. The Hall–Kier alpha value is 1.28. The zero-order chi connectivity index (χ0) is 0. The smallest absolute Gasteiger partial charge is 2.00 e. The first-order valence-electron chi connectivity index (χ1n) is 0. The van der Waals surface area contributed by atoms with Crippen LogP contribution in [0.25, 0.3) is 0 Å². The first-order chi connectivity index (χ1) is 0. The molecule has 0 heterocycles. The van der Waals surface area contributed by atoms with Crippen molar-refractivity contribution < 1.29 is 59.7 Å². The second kappa shape index (κ2) is 58.9. The number of hydrogen-bond acceptors (Lipinski definition) is 0. The Morgan fingerprint density at radius 1 is 0.600 bits per heavy atom. The van der Waals surface area contributed by atoms with E-state index in [1.807, 2.05) is 0 Å². The van der Waals surface area contributed by atoms with Crippen molar-refractivity contribution in [2.24, 2.45) is 0 Å². The van der Waals surface area contributed by atoms with Crippen LogP contribution < -0.4 is 0 Å². The van der Waals surface area contributed by atoms with E-state index in [0.717, 1.165) is 0 Å². The van der Waals surface area contributed by atoms with E-state index in [1.54, 1.807) is 0 Å². The van der Waals surface area contributed by atoms with Crippen molar-refractivity contribution in [3.05, 3.63) is 0 Å². The van der Waals surface area contributed by atoms with E-state index in [9.17, 15) is 0 Å². The molecular formula is MnO3Zr. The standard InChI is InChI=1S/Mn.3O.Zr/q+2;3*-2;+4. The van der Waals surface area contributed by atoms with Crippen molar-refractivity contribution in [1.29, 1.82) is 0 Å². The average molecular weight is 194 g/mol. The summed E-state index contributed by atoms with van der Waals surface area (Å²) in [6.07, 6.45) is 0. The summed E-state index contributed by atoms with van der Waals surface area (Å²) in [4.78, 5) is 0. The summed E-state index contributed by atoms with van der Waals surface area (Å²) in [5, 5.41) is 0. The molecule has 3 nitrogen and oxygen atoms in total. The minimum absolute atomic E-state index is 0. The normalized spacial score (nSPS) is 0. The maximum atomic E-state index is 0. The van der Waals surface area contributed by atoms with Crippen LogP contribution in [0.5, 0.6) is 0 Å². The quantitative estimate of drug-likeness (QED) is 0.471. The van der Waals surface area contributed by atoms with Crippen LogP contribution in [0.3, 0.4) is 0 Å². The van der Waals surface area contributed by atoms with Gasteiger partial charge in [0.2, 0.25) is 0 Å². The molecule has 0 unspecified atom stereocenters.